The van der Waals surface area contributed by atoms with Crippen molar-refractivity contribution in [3.05, 3.63) is 24.0 Å². The van der Waals surface area contributed by atoms with E-state index in [9.17, 15) is 17.9 Å². The van der Waals surface area contributed by atoms with E-state index < -0.39 is 21.4 Å². The molecule has 0 aromatic heterocycles. The van der Waals surface area contributed by atoms with E-state index in [0.717, 1.165) is 12.1 Å². The van der Waals surface area contributed by atoms with Gasteiger partial charge in [0.1, 0.15) is 10.7 Å². The van der Waals surface area contributed by atoms with Crippen LogP contribution in [-0.2, 0) is 10.0 Å². The number of halogens is 1. The summed E-state index contributed by atoms with van der Waals surface area (Å²) in [5.41, 5.74) is 4.64. The van der Waals surface area contributed by atoms with Crippen LogP contribution in [0.2, 0.25) is 0 Å². The lowest BCUT2D eigenvalue weighted by atomic mass is 9.95. The Hall–Kier alpha value is -1.18. The van der Waals surface area contributed by atoms with Crippen LogP contribution in [0.15, 0.2) is 23.1 Å². The first-order chi connectivity index (χ1) is 8.72. The molecular weight excluding hydrogens is 271 g/mol. The molecule has 0 saturated carbocycles. The molecule has 0 radical (unpaired) electrons. The number of piperidine rings is 1. The maximum absolute atomic E-state index is 13.0. The second-order valence-electron chi connectivity index (χ2n) is 5.08. The molecule has 19 heavy (non-hydrogen) atoms. The fourth-order valence-electron chi connectivity index (χ4n) is 2.10. The van der Waals surface area contributed by atoms with Gasteiger partial charge in [0.15, 0.2) is 0 Å². The number of sulfonamides is 1. The highest BCUT2D eigenvalue weighted by Gasteiger charge is 2.34. The molecule has 0 aliphatic carbocycles. The van der Waals surface area contributed by atoms with Gasteiger partial charge >= 0.3 is 0 Å². The number of rotatable bonds is 2. The predicted octanol–water partition coefficient (Wildman–Crippen LogP) is 0.943. The maximum atomic E-state index is 13.0. The van der Waals surface area contributed by atoms with Gasteiger partial charge < -0.3 is 10.8 Å². The largest absolute Gasteiger partial charge is 0.398 e. The molecule has 0 atom stereocenters. The molecular formula is C12H17FN2O3S. The summed E-state index contributed by atoms with van der Waals surface area (Å²) >= 11 is 0. The zero-order chi connectivity index (χ0) is 14.3. The Bertz CT molecular complexity index is 577. The van der Waals surface area contributed by atoms with Crippen molar-refractivity contribution < 1.29 is 17.9 Å². The van der Waals surface area contributed by atoms with E-state index in [2.05, 4.69) is 0 Å². The van der Waals surface area contributed by atoms with Crippen molar-refractivity contribution in [1.29, 1.82) is 0 Å². The quantitative estimate of drug-likeness (QED) is 0.793. The van der Waals surface area contributed by atoms with Gasteiger partial charge in [-0.1, -0.05) is 0 Å². The van der Waals surface area contributed by atoms with Crippen molar-refractivity contribution in [3.8, 4) is 0 Å². The summed E-state index contributed by atoms with van der Waals surface area (Å²) in [5, 5.41) is 9.82. The zero-order valence-corrected chi connectivity index (χ0v) is 11.5. The monoisotopic (exact) mass is 288 g/mol. The molecule has 1 aromatic rings. The third-order valence-electron chi connectivity index (χ3n) is 3.39. The van der Waals surface area contributed by atoms with Crippen molar-refractivity contribution in [2.45, 2.75) is 30.3 Å². The first-order valence-corrected chi connectivity index (χ1v) is 7.44. The molecule has 1 aromatic carbocycles. The van der Waals surface area contributed by atoms with Crippen LogP contribution >= 0.6 is 0 Å². The predicted molar refractivity (Wildman–Crippen MR) is 69.4 cm³/mol. The van der Waals surface area contributed by atoms with Crippen LogP contribution in [0.4, 0.5) is 10.1 Å². The maximum Gasteiger partial charge on any atom is 0.245 e. The van der Waals surface area contributed by atoms with Gasteiger partial charge in [-0.2, -0.15) is 4.31 Å². The zero-order valence-electron chi connectivity index (χ0n) is 10.6. The number of aliphatic hydroxyl groups is 1. The lowest BCUT2D eigenvalue weighted by molar-refractivity contribution is 0.0126. The van der Waals surface area contributed by atoms with E-state index in [4.69, 9.17) is 5.73 Å². The smallest absolute Gasteiger partial charge is 0.245 e. The van der Waals surface area contributed by atoms with Crippen LogP contribution in [0.3, 0.4) is 0 Å². The normalized spacial score (nSPS) is 20.4. The summed E-state index contributed by atoms with van der Waals surface area (Å²) in [6, 6.07) is 3.24. The Kier molecular flexibility index (Phi) is 3.55. The number of nitrogen functional groups attached to an aromatic ring is 1. The minimum absolute atomic E-state index is 0.0876. The van der Waals surface area contributed by atoms with Crippen LogP contribution in [0, 0.1) is 5.82 Å². The molecule has 5 nitrogen and oxygen atoms in total. The number of hydrogen-bond acceptors (Lipinski definition) is 4. The molecule has 7 heteroatoms. The van der Waals surface area contributed by atoms with Crippen LogP contribution in [0.1, 0.15) is 19.8 Å². The van der Waals surface area contributed by atoms with Gasteiger partial charge in [-0.05, 0) is 38.0 Å². The third-order valence-corrected chi connectivity index (χ3v) is 5.36. The Labute approximate surface area is 111 Å². The van der Waals surface area contributed by atoms with Gasteiger partial charge in [0.2, 0.25) is 10.0 Å². The molecule has 0 amide bonds. The van der Waals surface area contributed by atoms with E-state index >= 15 is 0 Å². The van der Waals surface area contributed by atoms with Crippen molar-refractivity contribution in [1.82, 2.24) is 4.31 Å². The summed E-state index contributed by atoms with van der Waals surface area (Å²) in [4.78, 5) is -0.0876. The van der Waals surface area contributed by atoms with Crippen molar-refractivity contribution >= 4 is 15.7 Å². The van der Waals surface area contributed by atoms with Crippen molar-refractivity contribution in [2.75, 3.05) is 18.8 Å². The minimum Gasteiger partial charge on any atom is -0.398 e. The number of hydrogen-bond donors (Lipinski definition) is 2. The van der Waals surface area contributed by atoms with E-state index in [0.29, 0.717) is 12.8 Å². The first-order valence-electron chi connectivity index (χ1n) is 6.00. The van der Waals surface area contributed by atoms with Gasteiger partial charge in [-0.3, -0.25) is 0 Å². The SMILES string of the molecule is CC1(O)CCN(S(=O)(=O)c2ccc(F)cc2N)CC1. The van der Waals surface area contributed by atoms with Crippen molar-refractivity contribution in [2.24, 2.45) is 0 Å². The molecule has 1 heterocycles. The molecule has 1 aliphatic rings. The highest BCUT2D eigenvalue weighted by molar-refractivity contribution is 7.89. The van der Waals surface area contributed by atoms with Crippen LogP contribution in [0.25, 0.3) is 0 Å². The Balaban J connectivity index is 2.28. The molecule has 2 rings (SSSR count). The average molecular weight is 288 g/mol. The molecule has 106 valence electrons. The van der Waals surface area contributed by atoms with Gasteiger partial charge in [-0.25, -0.2) is 12.8 Å². The summed E-state index contributed by atoms with van der Waals surface area (Å²) in [7, 11) is -3.73. The molecule has 3 N–H and O–H groups in total. The van der Waals surface area contributed by atoms with Gasteiger partial charge in [0.05, 0.1) is 11.3 Å². The highest BCUT2D eigenvalue weighted by Crippen LogP contribution is 2.28. The summed E-state index contributed by atoms with van der Waals surface area (Å²) in [6.07, 6.45) is 0.737. The van der Waals surface area contributed by atoms with E-state index in [1.165, 1.54) is 10.4 Å². The first kappa shape index (κ1) is 14.2. The molecule has 0 bridgehead atoms. The van der Waals surface area contributed by atoms with Gasteiger partial charge in [0.25, 0.3) is 0 Å². The lowest BCUT2D eigenvalue weighted by Crippen LogP contribution is -2.45. The second-order valence-corrected chi connectivity index (χ2v) is 6.99. The molecule has 1 saturated heterocycles. The molecule has 1 fully saturated rings. The molecule has 1 aliphatic heterocycles. The summed E-state index contributed by atoms with van der Waals surface area (Å²) < 4.78 is 39.0. The Morgan fingerprint density at radius 2 is 1.95 bits per heavy atom. The minimum atomic E-state index is -3.73. The number of anilines is 1. The average Bonchev–Trinajstić information content (AvgIpc) is 2.27. The van der Waals surface area contributed by atoms with E-state index in [1.54, 1.807) is 6.92 Å². The second kappa shape index (κ2) is 4.73. The topological polar surface area (TPSA) is 83.6 Å². The Morgan fingerprint density at radius 3 is 2.47 bits per heavy atom. The van der Waals surface area contributed by atoms with E-state index in [1.807, 2.05) is 0 Å². The summed E-state index contributed by atoms with van der Waals surface area (Å²) in [6.45, 7) is 2.14. The van der Waals surface area contributed by atoms with Gasteiger partial charge in [0, 0.05) is 13.1 Å². The van der Waals surface area contributed by atoms with Crippen LogP contribution in [0.5, 0.6) is 0 Å². The fourth-order valence-corrected chi connectivity index (χ4v) is 3.64. The van der Waals surface area contributed by atoms with Crippen molar-refractivity contribution in [3.63, 3.8) is 0 Å². The number of nitrogens with two attached hydrogens (primary N) is 1. The van der Waals surface area contributed by atoms with Crippen LogP contribution < -0.4 is 5.73 Å². The molecule has 0 unspecified atom stereocenters. The molecule has 0 spiro atoms. The van der Waals surface area contributed by atoms with E-state index in [-0.39, 0.29) is 23.7 Å². The highest BCUT2D eigenvalue weighted by atomic mass is 32.2. The Morgan fingerprint density at radius 1 is 1.37 bits per heavy atom. The third kappa shape index (κ3) is 2.88. The number of nitrogens with zero attached hydrogens (tertiary/aromatic N) is 1. The lowest BCUT2D eigenvalue weighted by Gasteiger charge is -2.35. The standard InChI is InChI=1S/C12H17FN2O3S/c1-12(16)4-6-15(7-5-12)19(17,18)11-3-2-9(13)8-10(11)14/h2-3,8,16H,4-7,14H2,1H3. The number of benzene rings is 1. The summed E-state index contributed by atoms with van der Waals surface area (Å²) in [5.74, 6) is -0.571. The fraction of sp³-hybridized carbons (Fsp3) is 0.500. The van der Waals surface area contributed by atoms with Crippen LogP contribution in [-0.4, -0.2) is 36.5 Å². The van der Waals surface area contributed by atoms with Gasteiger partial charge in [-0.15, -0.1) is 0 Å².